The van der Waals surface area contributed by atoms with Gasteiger partial charge in [-0.15, -0.1) is 0 Å². The Labute approximate surface area is 163 Å². The van der Waals surface area contributed by atoms with Gasteiger partial charge in [-0.25, -0.2) is 0 Å². The molecule has 154 valence electrons. The first-order valence-corrected chi connectivity index (χ1v) is 11.4. The summed E-state index contributed by atoms with van der Waals surface area (Å²) in [6, 6.07) is 0. The molecule has 0 aromatic rings. The van der Waals surface area contributed by atoms with Crippen LogP contribution in [0.3, 0.4) is 0 Å². The lowest BCUT2D eigenvalue weighted by atomic mass is 9.48. The second-order valence-electron chi connectivity index (χ2n) is 10.6. The monoisotopic (exact) mass is 378 g/mol. The van der Waals surface area contributed by atoms with Gasteiger partial charge in [-0.3, -0.25) is 4.79 Å². The fraction of sp³-hybridized carbons (Fsp3) is 0.957. The van der Waals surface area contributed by atoms with Crippen molar-refractivity contribution < 1.29 is 20.1 Å². The summed E-state index contributed by atoms with van der Waals surface area (Å²) in [5, 5.41) is 30.5. The van der Waals surface area contributed by atoms with Gasteiger partial charge in [-0.1, -0.05) is 13.8 Å². The lowest BCUT2D eigenvalue weighted by Crippen LogP contribution is -2.55. The smallest absolute Gasteiger partial charge is 0.303 e. The predicted octanol–water partition coefficient (Wildman–Crippen LogP) is 4.09. The molecule has 4 heteroatoms. The van der Waals surface area contributed by atoms with E-state index in [2.05, 4.69) is 13.8 Å². The number of aliphatic hydroxyl groups excluding tert-OH is 2. The van der Waals surface area contributed by atoms with Gasteiger partial charge in [0.1, 0.15) is 0 Å². The number of fused-ring (bicyclic) bond motifs is 5. The van der Waals surface area contributed by atoms with E-state index >= 15 is 0 Å². The van der Waals surface area contributed by atoms with Crippen LogP contribution in [0.5, 0.6) is 0 Å². The highest BCUT2D eigenvalue weighted by Gasteiger charge is 2.61. The maximum Gasteiger partial charge on any atom is 0.303 e. The molecule has 0 aromatic carbocycles. The van der Waals surface area contributed by atoms with Gasteiger partial charge < -0.3 is 15.3 Å². The lowest BCUT2D eigenvalue weighted by Gasteiger charge is -2.58. The van der Waals surface area contributed by atoms with Crippen molar-refractivity contribution in [3.8, 4) is 0 Å². The average molecular weight is 379 g/mol. The summed E-state index contributed by atoms with van der Waals surface area (Å²) in [4.78, 5) is 11.0. The van der Waals surface area contributed by atoms with Crippen molar-refractivity contribution in [3.05, 3.63) is 0 Å². The summed E-state index contributed by atoms with van der Waals surface area (Å²) in [7, 11) is 0. The molecule has 4 rings (SSSR count). The van der Waals surface area contributed by atoms with Crippen LogP contribution in [-0.4, -0.2) is 33.5 Å². The van der Waals surface area contributed by atoms with Gasteiger partial charge >= 0.3 is 5.97 Å². The lowest BCUT2D eigenvalue weighted by molar-refractivity contribution is -0.148. The van der Waals surface area contributed by atoms with E-state index in [-0.39, 0.29) is 24.0 Å². The van der Waals surface area contributed by atoms with Crippen LogP contribution >= 0.6 is 0 Å². The molecule has 10 atom stereocenters. The van der Waals surface area contributed by atoms with E-state index in [1.54, 1.807) is 0 Å². The molecule has 0 heterocycles. The highest BCUT2D eigenvalue weighted by molar-refractivity contribution is 5.66. The molecule has 4 nitrogen and oxygen atoms in total. The van der Waals surface area contributed by atoms with Crippen LogP contribution in [0.2, 0.25) is 0 Å². The van der Waals surface area contributed by atoms with Crippen molar-refractivity contribution in [2.75, 3.05) is 0 Å². The quantitative estimate of drug-likeness (QED) is 0.688. The molecular formula is C23H38O4. The van der Waals surface area contributed by atoms with Crippen LogP contribution < -0.4 is 0 Å². The Hall–Kier alpha value is -0.610. The molecule has 4 aliphatic carbocycles. The zero-order chi connectivity index (χ0) is 19.3. The molecule has 3 N–H and O–H groups in total. The number of hydrogen-bond acceptors (Lipinski definition) is 3. The second-order valence-corrected chi connectivity index (χ2v) is 10.6. The van der Waals surface area contributed by atoms with Gasteiger partial charge in [0.05, 0.1) is 12.2 Å². The molecule has 0 spiro atoms. The summed E-state index contributed by atoms with van der Waals surface area (Å²) in [5.74, 6) is 3.43. The third-order valence-electron chi connectivity index (χ3n) is 9.60. The van der Waals surface area contributed by atoms with Crippen LogP contribution in [0, 0.1) is 46.8 Å². The summed E-state index contributed by atoms with van der Waals surface area (Å²) in [6.45, 7) is 4.53. The summed E-state index contributed by atoms with van der Waals surface area (Å²) >= 11 is 0. The van der Waals surface area contributed by atoms with Gasteiger partial charge in [-0.05, 0) is 105 Å². The SMILES string of the molecule is C[C@H](CCC(=O)O)C1CC[C@H]2C3CCC4C[C@H](O)CCC4[C@H]3C[C@H](O)C12C. The van der Waals surface area contributed by atoms with Crippen molar-refractivity contribution in [2.45, 2.75) is 90.3 Å². The van der Waals surface area contributed by atoms with Gasteiger partial charge in [-0.2, -0.15) is 0 Å². The van der Waals surface area contributed by atoms with Crippen molar-refractivity contribution in [1.29, 1.82) is 0 Å². The summed E-state index contributed by atoms with van der Waals surface area (Å²) in [6.07, 6.45) is 9.47. The Morgan fingerprint density at radius 2 is 1.74 bits per heavy atom. The van der Waals surface area contributed by atoms with E-state index in [0.29, 0.717) is 35.5 Å². The highest BCUT2D eigenvalue weighted by atomic mass is 16.4. The normalized spacial score (nSPS) is 50.4. The van der Waals surface area contributed by atoms with Crippen molar-refractivity contribution in [3.63, 3.8) is 0 Å². The minimum atomic E-state index is -0.705. The zero-order valence-corrected chi connectivity index (χ0v) is 17.0. The number of carboxylic acids is 1. The highest BCUT2D eigenvalue weighted by Crippen LogP contribution is 2.65. The molecule has 0 aromatic heterocycles. The first-order chi connectivity index (χ1) is 12.8. The number of carbonyl (C=O) groups is 1. The van der Waals surface area contributed by atoms with Gasteiger partial charge in [0, 0.05) is 6.42 Å². The minimum Gasteiger partial charge on any atom is -0.481 e. The first kappa shape index (κ1) is 19.7. The number of rotatable bonds is 4. The van der Waals surface area contributed by atoms with E-state index in [9.17, 15) is 15.0 Å². The standard InChI is InChI=1S/C23H38O4/c1-13(3-10-22(26)27)19-8-9-20-17-6-4-14-11-15(24)5-7-16(14)18(17)12-21(25)23(19,20)2/h13-21,24-25H,3-12H2,1-2H3,(H,26,27)/t13-,14?,15-,16?,17?,18-,19?,20+,21+,23?/m1/s1. The Balaban J connectivity index is 1.52. The third-order valence-corrected chi connectivity index (χ3v) is 9.60. The van der Waals surface area contributed by atoms with Crippen molar-refractivity contribution >= 4 is 5.97 Å². The molecule has 0 amide bonds. The molecule has 4 aliphatic rings. The molecule has 27 heavy (non-hydrogen) atoms. The Bertz CT molecular complexity index is 563. The van der Waals surface area contributed by atoms with E-state index in [0.717, 1.165) is 44.4 Å². The molecular weight excluding hydrogens is 340 g/mol. The predicted molar refractivity (Wildman–Crippen MR) is 104 cm³/mol. The van der Waals surface area contributed by atoms with Crippen molar-refractivity contribution in [1.82, 2.24) is 0 Å². The van der Waals surface area contributed by atoms with Crippen LogP contribution in [0.15, 0.2) is 0 Å². The molecule has 0 bridgehead atoms. The molecule has 4 saturated carbocycles. The Kier molecular flexibility index (Phi) is 5.35. The molecule has 4 fully saturated rings. The largest absolute Gasteiger partial charge is 0.481 e. The first-order valence-electron chi connectivity index (χ1n) is 11.4. The van der Waals surface area contributed by atoms with Crippen LogP contribution in [0.4, 0.5) is 0 Å². The van der Waals surface area contributed by atoms with E-state index in [4.69, 9.17) is 5.11 Å². The number of carboxylic acid groups (broad SMARTS) is 1. The minimum absolute atomic E-state index is 0.0416. The molecule has 0 saturated heterocycles. The number of aliphatic carboxylic acids is 1. The van der Waals surface area contributed by atoms with Crippen LogP contribution in [0.25, 0.3) is 0 Å². The Morgan fingerprint density at radius 1 is 1.00 bits per heavy atom. The van der Waals surface area contributed by atoms with E-state index in [1.165, 1.54) is 19.3 Å². The van der Waals surface area contributed by atoms with Gasteiger partial charge in [0.15, 0.2) is 0 Å². The van der Waals surface area contributed by atoms with Gasteiger partial charge in [0.25, 0.3) is 0 Å². The summed E-state index contributed by atoms with van der Waals surface area (Å²) < 4.78 is 0. The Morgan fingerprint density at radius 3 is 2.48 bits per heavy atom. The fourth-order valence-corrected chi connectivity index (χ4v) is 8.33. The zero-order valence-electron chi connectivity index (χ0n) is 17.0. The third kappa shape index (κ3) is 3.25. The number of hydrogen-bond donors (Lipinski definition) is 3. The van der Waals surface area contributed by atoms with E-state index in [1.807, 2.05) is 0 Å². The summed E-state index contributed by atoms with van der Waals surface area (Å²) in [5.41, 5.74) is -0.0416. The van der Waals surface area contributed by atoms with Crippen molar-refractivity contribution in [2.24, 2.45) is 46.8 Å². The topological polar surface area (TPSA) is 77.8 Å². The maximum absolute atomic E-state index is 11.4. The maximum atomic E-state index is 11.4. The van der Waals surface area contributed by atoms with Crippen LogP contribution in [0.1, 0.15) is 78.1 Å². The van der Waals surface area contributed by atoms with Crippen LogP contribution in [-0.2, 0) is 4.79 Å². The second kappa shape index (κ2) is 7.33. The molecule has 5 unspecified atom stereocenters. The van der Waals surface area contributed by atoms with E-state index < -0.39 is 5.97 Å². The fourth-order valence-electron chi connectivity index (χ4n) is 8.33. The number of aliphatic hydroxyl groups is 2. The molecule has 0 aliphatic heterocycles. The average Bonchev–Trinajstić information content (AvgIpc) is 2.98. The van der Waals surface area contributed by atoms with Gasteiger partial charge in [0.2, 0.25) is 0 Å². The molecule has 0 radical (unpaired) electrons.